The van der Waals surface area contributed by atoms with Crippen LogP contribution in [0.25, 0.3) is 11.1 Å². The van der Waals surface area contributed by atoms with E-state index in [4.69, 9.17) is 4.74 Å². The van der Waals surface area contributed by atoms with Crippen molar-refractivity contribution in [1.29, 1.82) is 0 Å². The first-order valence-corrected chi connectivity index (χ1v) is 11.5. The van der Waals surface area contributed by atoms with E-state index >= 15 is 0 Å². The maximum absolute atomic E-state index is 14.9. The van der Waals surface area contributed by atoms with Crippen molar-refractivity contribution in [2.45, 2.75) is 13.3 Å². The molecule has 0 bridgehead atoms. The summed E-state index contributed by atoms with van der Waals surface area (Å²) in [6.45, 7) is 5.63. The van der Waals surface area contributed by atoms with Crippen LogP contribution in [0.3, 0.4) is 0 Å². The Bertz CT molecular complexity index is 1560. The fourth-order valence-electron chi connectivity index (χ4n) is 3.66. The topological polar surface area (TPSA) is 97.6 Å². The fourth-order valence-corrected chi connectivity index (χ4v) is 3.66. The maximum Gasteiger partial charge on any atom is 0.325 e. The lowest BCUT2D eigenvalue weighted by atomic mass is 10.1. The highest BCUT2D eigenvalue weighted by Crippen LogP contribution is 2.32. The lowest BCUT2D eigenvalue weighted by Crippen LogP contribution is -2.35. The zero-order valence-electron chi connectivity index (χ0n) is 20.3. The highest BCUT2D eigenvalue weighted by molar-refractivity contribution is 6.01. The summed E-state index contributed by atoms with van der Waals surface area (Å²) >= 11 is 0. The number of carbonyl (C=O) groups excluding carboxylic acids is 2. The molecule has 0 aliphatic heterocycles. The highest BCUT2D eigenvalue weighted by Gasteiger charge is 2.17. The number of benzene rings is 2. The van der Waals surface area contributed by atoms with Gasteiger partial charge in [-0.1, -0.05) is 43.0 Å². The Hall–Kier alpha value is -5.12. The van der Waals surface area contributed by atoms with Crippen LogP contribution < -0.4 is 15.4 Å². The Morgan fingerprint density at radius 1 is 1.13 bits per heavy atom. The van der Waals surface area contributed by atoms with Crippen LogP contribution in [0, 0.1) is 11.6 Å². The maximum atomic E-state index is 14.9. The predicted octanol–water partition coefficient (Wildman–Crippen LogP) is 5.84. The van der Waals surface area contributed by atoms with Gasteiger partial charge in [0.1, 0.15) is 17.7 Å². The molecule has 2 heterocycles. The second-order valence-electron chi connectivity index (χ2n) is 8.00. The molecule has 192 valence electrons. The normalized spacial score (nSPS) is 11.5. The van der Waals surface area contributed by atoms with Crippen LogP contribution in [0.5, 0.6) is 11.6 Å². The fraction of sp³-hybridized carbons (Fsp3) is 0.0714. The number of allylic oxidation sites excluding steroid dienone is 5. The van der Waals surface area contributed by atoms with Gasteiger partial charge in [0.15, 0.2) is 11.6 Å². The average molecular weight is 516 g/mol. The average Bonchev–Trinajstić information content (AvgIpc) is 3.32. The number of hydrogen-bond acceptors (Lipinski definition) is 5. The molecule has 0 saturated heterocycles. The third-order valence-corrected chi connectivity index (χ3v) is 5.30. The molecule has 10 heteroatoms. The van der Waals surface area contributed by atoms with Crippen molar-refractivity contribution >= 4 is 28.7 Å². The van der Waals surface area contributed by atoms with Crippen molar-refractivity contribution < 1.29 is 23.1 Å². The molecule has 4 aromatic rings. The zero-order valence-corrected chi connectivity index (χ0v) is 20.3. The van der Waals surface area contributed by atoms with E-state index in [9.17, 15) is 18.4 Å². The van der Waals surface area contributed by atoms with Crippen molar-refractivity contribution in [2.24, 2.45) is 0 Å². The lowest BCUT2D eigenvalue weighted by molar-refractivity contribution is -0.119. The first kappa shape index (κ1) is 26.0. The van der Waals surface area contributed by atoms with Gasteiger partial charge in [-0.3, -0.25) is 10.1 Å². The van der Waals surface area contributed by atoms with Gasteiger partial charge >= 0.3 is 6.03 Å². The van der Waals surface area contributed by atoms with E-state index in [0.29, 0.717) is 11.1 Å². The first-order chi connectivity index (χ1) is 18.4. The van der Waals surface area contributed by atoms with E-state index in [-0.39, 0.29) is 23.7 Å². The number of halogens is 2. The minimum absolute atomic E-state index is 0.0995. The number of imide groups is 1. The Labute approximate surface area is 217 Å². The molecular formula is C28H23F2N5O3. The summed E-state index contributed by atoms with van der Waals surface area (Å²) in [5.74, 6) is -1.80. The van der Waals surface area contributed by atoms with Crippen molar-refractivity contribution in [3.8, 4) is 11.6 Å². The van der Waals surface area contributed by atoms with Crippen molar-refractivity contribution in [3.63, 3.8) is 0 Å². The number of amides is 3. The third kappa shape index (κ3) is 6.16. The third-order valence-electron chi connectivity index (χ3n) is 5.30. The highest BCUT2D eigenvalue weighted by atomic mass is 19.1. The van der Waals surface area contributed by atoms with Crippen molar-refractivity contribution in [2.75, 3.05) is 5.32 Å². The summed E-state index contributed by atoms with van der Waals surface area (Å²) in [5.41, 5.74) is 2.76. The molecule has 8 nitrogen and oxygen atoms in total. The van der Waals surface area contributed by atoms with Gasteiger partial charge in [0.25, 0.3) is 0 Å². The Balaban J connectivity index is 1.47. The van der Waals surface area contributed by atoms with Gasteiger partial charge in [-0.2, -0.15) is 10.1 Å². The van der Waals surface area contributed by atoms with E-state index < -0.39 is 23.6 Å². The molecule has 4 rings (SSSR count). The second kappa shape index (κ2) is 11.7. The lowest BCUT2D eigenvalue weighted by Gasteiger charge is -2.11. The number of rotatable bonds is 8. The van der Waals surface area contributed by atoms with Crippen LogP contribution >= 0.6 is 0 Å². The molecule has 2 aromatic heterocycles. The molecule has 0 fully saturated rings. The van der Waals surface area contributed by atoms with Crippen LogP contribution in [0.4, 0.5) is 19.3 Å². The van der Waals surface area contributed by atoms with E-state index in [0.717, 1.165) is 17.2 Å². The summed E-state index contributed by atoms with van der Waals surface area (Å²) in [7, 11) is 0. The van der Waals surface area contributed by atoms with Crippen LogP contribution in [0.15, 0.2) is 91.9 Å². The van der Waals surface area contributed by atoms with Crippen LogP contribution in [0.2, 0.25) is 0 Å². The monoisotopic (exact) mass is 515 g/mol. The summed E-state index contributed by atoms with van der Waals surface area (Å²) in [5, 5.41) is 8.73. The van der Waals surface area contributed by atoms with Crippen molar-refractivity contribution in [1.82, 2.24) is 19.9 Å². The van der Waals surface area contributed by atoms with Crippen LogP contribution in [-0.4, -0.2) is 26.5 Å². The summed E-state index contributed by atoms with van der Waals surface area (Å²) < 4.78 is 35.3. The molecule has 38 heavy (non-hydrogen) atoms. The summed E-state index contributed by atoms with van der Waals surface area (Å²) in [6, 6.07) is 10.1. The van der Waals surface area contributed by atoms with E-state index in [1.165, 1.54) is 42.7 Å². The molecule has 0 unspecified atom stereocenters. The van der Waals surface area contributed by atoms with E-state index in [1.54, 1.807) is 16.8 Å². The van der Waals surface area contributed by atoms with Crippen molar-refractivity contribution in [3.05, 3.63) is 115 Å². The molecule has 0 saturated carbocycles. The van der Waals surface area contributed by atoms with Gasteiger partial charge in [0.05, 0.1) is 6.42 Å². The molecule has 0 aliphatic carbocycles. The number of urea groups is 1. The van der Waals surface area contributed by atoms with Gasteiger partial charge < -0.3 is 10.1 Å². The minimum atomic E-state index is -0.842. The number of hydrogen-bond donors (Lipinski definition) is 2. The number of anilines is 1. The van der Waals surface area contributed by atoms with Crippen LogP contribution in [-0.2, 0) is 11.2 Å². The van der Waals surface area contributed by atoms with Gasteiger partial charge in [-0.15, -0.1) is 0 Å². The van der Waals surface area contributed by atoms with Crippen LogP contribution in [0.1, 0.15) is 18.1 Å². The first-order valence-electron chi connectivity index (χ1n) is 11.5. The quantitative estimate of drug-likeness (QED) is 0.288. The molecule has 0 spiro atoms. The molecule has 3 amide bonds. The van der Waals surface area contributed by atoms with Gasteiger partial charge in [0.2, 0.25) is 11.8 Å². The number of aromatic nitrogens is 3. The Kier molecular flexibility index (Phi) is 8.02. The minimum Gasteiger partial charge on any atom is -0.434 e. The molecule has 2 N–H and O–H groups in total. The molecule has 2 aromatic carbocycles. The Morgan fingerprint density at radius 2 is 1.92 bits per heavy atom. The molecule has 0 aliphatic rings. The summed E-state index contributed by atoms with van der Waals surface area (Å²) in [6.07, 6.45) is 10.1. The summed E-state index contributed by atoms with van der Waals surface area (Å²) in [4.78, 5) is 28.4. The molecule has 0 radical (unpaired) electrons. The number of carbonyl (C=O) groups is 2. The largest absolute Gasteiger partial charge is 0.434 e. The standard InChI is InChI=1S/C28H23F2N5O3/c1-3-5-19(6-4-2)22-13-14-35-26(22)27(31-17-32-35)38-24-12-11-21(16-23(24)30)33-28(37)34-25(36)15-18-7-9-20(29)10-8-18/h3-14,16-17H,1,15H2,2H3,(H2,33,34,36,37)/b6-4-,19-5+. The number of nitrogens with one attached hydrogen (secondary N) is 2. The van der Waals surface area contributed by atoms with Gasteiger partial charge in [-0.25, -0.2) is 18.1 Å². The second-order valence-corrected chi connectivity index (χ2v) is 8.00. The van der Waals surface area contributed by atoms with Gasteiger partial charge in [-0.05, 0) is 48.4 Å². The number of ether oxygens (including phenoxy) is 1. The SMILES string of the molecule is C=C/C=C(\C=C/C)c1ccn2ncnc(Oc3ccc(NC(=O)NC(=O)Cc4ccc(F)cc4)cc3F)c12. The predicted molar refractivity (Wildman–Crippen MR) is 140 cm³/mol. The number of fused-ring (bicyclic) bond motifs is 1. The van der Waals surface area contributed by atoms with E-state index in [1.807, 2.05) is 31.2 Å². The molecule has 0 atom stereocenters. The van der Waals surface area contributed by atoms with Gasteiger partial charge in [0, 0.05) is 23.5 Å². The number of nitrogens with zero attached hydrogens (tertiary/aromatic N) is 3. The molecular weight excluding hydrogens is 492 g/mol. The Morgan fingerprint density at radius 3 is 2.63 bits per heavy atom. The van der Waals surface area contributed by atoms with E-state index in [2.05, 4.69) is 27.3 Å². The smallest absolute Gasteiger partial charge is 0.325 e. The zero-order chi connectivity index (χ0) is 27.1.